The van der Waals surface area contributed by atoms with Crippen LogP contribution < -0.4 is 15.2 Å². The summed E-state index contributed by atoms with van der Waals surface area (Å²) in [4.78, 5) is 13.1. The summed E-state index contributed by atoms with van der Waals surface area (Å²) in [7, 11) is 0.944. The molecule has 0 aliphatic carbocycles. The number of carbonyl (C=O) groups excluding carboxylic acids is 1. The second-order valence-electron chi connectivity index (χ2n) is 6.06. The molecule has 1 aliphatic heterocycles. The van der Waals surface area contributed by atoms with E-state index >= 15 is 0 Å². The molecule has 0 unspecified atom stereocenters. The lowest BCUT2D eigenvalue weighted by Crippen LogP contribution is -2.45. The summed E-state index contributed by atoms with van der Waals surface area (Å²) in [6.45, 7) is 1.05. The highest BCUT2D eigenvalue weighted by Crippen LogP contribution is 2.30. The van der Waals surface area contributed by atoms with Gasteiger partial charge in [-0.05, 0) is 17.7 Å². The molecule has 0 spiro atoms. The molecule has 0 saturated carbocycles. The van der Waals surface area contributed by atoms with Crippen LogP contribution in [0.1, 0.15) is 11.5 Å². The fourth-order valence-electron chi connectivity index (χ4n) is 2.86. The number of amides is 1. The first-order valence-electron chi connectivity index (χ1n) is 7.57. The van der Waals surface area contributed by atoms with E-state index in [1.807, 2.05) is 29.2 Å². The lowest BCUT2D eigenvalue weighted by Gasteiger charge is -2.22. The van der Waals surface area contributed by atoms with Crippen molar-refractivity contribution in [3.63, 3.8) is 0 Å². The van der Waals surface area contributed by atoms with Gasteiger partial charge in [0.2, 0.25) is 5.91 Å². The number of nitrogens with one attached hydrogen (secondary N) is 1. The first-order chi connectivity index (χ1) is 11.2. The van der Waals surface area contributed by atoms with E-state index in [0.29, 0.717) is 18.8 Å². The Balaban J connectivity index is 2.27. The summed E-state index contributed by atoms with van der Waals surface area (Å²) in [6.07, 6.45) is 0. The maximum absolute atomic E-state index is 12.2. The monoisotopic (exact) mass is 356 g/mol. The van der Waals surface area contributed by atoms with Gasteiger partial charge in [0.15, 0.2) is 0 Å². The average molecular weight is 356 g/mol. The second-order valence-corrected chi connectivity index (χ2v) is 7.97. The zero-order chi connectivity index (χ0) is 17.9. The molecule has 2 rings (SSSR count). The van der Waals surface area contributed by atoms with Crippen molar-refractivity contribution in [3.05, 3.63) is 29.8 Å². The predicted octanol–water partition coefficient (Wildman–Crippen LogP) is -0.656. The molecule has 0 radical (unpaired) electrons. The van der Waals surface area contributed by atoms with Crippen molar-refractivity contribution in [2.45, 2.75) is 12.0 Å². The molecule has 1 amide bonds. The van der Waals surface area contributed by atoms with E-state index < -0.39 is 16.1 Å². The molecule has 3 N–H and O–H groups in total. The number of hydrogen-bond donors (Lipinski definition) is 2. The Morgan fingerprint density at radius 3 is 2.71 bits per heavy atom. The number of nitrogens with zero attached hydrogens (tertiary/aromatic N) is 2. The third-order valence-electron chi connectivity index (χ3n) is 4.08. The average Bonchev–Trinajstić information content (AvgIpc) is 2.88. The lowest BCUT2D eigenvalue weighted by atomic mass is 9.95. The minimum Gasteiger partial charge on any atom is -0.497 e. The van der Waals surface area contributed by atoms with Gasteiger partial charge in [-0.25, -0.2) is 0 Å². The van der Waals surface area contributed by atoms with Crippen molar-refractivity contribution in [2.75, 3.05) is 40.8 Å². The number of likely N-dealkylation sites (tertiary alicyclic amines) is 1. The number of nitrogens with two attached hydrogens (primary N) is 1. The molecule has 2 atom stereocenters. The Bertz CT molecular complexity index is 692. The van der Waals surface area contributed by atoms with E-state index in [2.05, 4.69) is 4.72 Å². The standard InChI is InChI=1S/C15H24N4O4S/c1-18(2)24(21,22)17-14-9-19(10-15(16)20)8-13(14)11-5-4-6-12(7-11)23-3/h4-7,13-14,17H,8-10H2,1-3H3,(H2,16,20)/t13-,14+/m0/s1. The second kappa shape index (κ2) is 7.47. The Kier molecular flexibility index (Phi) is 5.81. The largest absolute Gasteiger partial charge is 0.497 e. The van der Waals surface area contributed by atoms with Crippen LogP contribution in [0.15, 0.2) is 24.3 Å². The van der Waals surface area contributed by atoms with Gasteiger partial charge in [0.1, 0.15) is 5.75 Å². The van der Waals surface area contributed by atoms with Crippen LogP contribution >= 0.6 is 0 Å². The molecule has 0 bridgehead atoms. The predicted molar refractivity (Wildman–Crippen MR) is 90.9 cm³/mol. The Labute approximate surface area is 142 Å². The fraction of sp³-hybridized carbons (Fsp3) is 0.533. The summed E-state index contributed by atoms with van der Waals surface area (Å²) >= 11 is 0. The van der Waals surface area contributed by atoms with Crippen molar-refractivity contribution in [1.82, 2.24) is 13.9 Å². The number of rotatable bonds is 7. The third kappa shape index (κ3) is 4.44. The van der Waals surface area contributed by atoms with E-state index in [0.717, 1.165) is 9.87 Å². The number of hydrogen-bond acceptors (Lipinski definition) is 5. The number of ether oxygens (including phenoxy) is 1. The Hall–Kier alpha value is -1.68. The normalized spacial score (nSPS) is 22.0. The quantitative estimate of drug-likeness (QED) is 0.675. The van der Waals surface area contributed by atoms with Gasteiger partial charge in [0.05, 0.1) is 13.7 Å². The maximum atomic E-state index is 12.2. The highest BCUT2D eigenvalue weighted by atomic mass is 32.2. The highest BCUT2D eigenvalue weighted by molar-refractivity contribution is 7.87. The van der Waals surface area contributed by atoms with Crippen molar-refractivity contribution in [3.8, 4) is 5.75 Å². The molecule has 0 aromatic heterocycles. The van der Waals surface area contributed by atoms with Crippen LogP contribution in [-0.4, -0.2) is 70.4 Å². The van der Waals surface area contributed by atoms with Crippen LogP contribution in [0.3, 0.4) is 0 Å². The third-order valence-corrected chi connectivity index (χ3v) is 5.64. The zero-order valence-corrected chi connectivity index (χ0v) is 14.9. The molecule has 1 fully saturated rings. The van der Waals surface area contributed by atoms with Crippen molar-refractivity contribution in [1.29, 1.82) is 0 Å². The molecular formula is C15H24N4O4S. The molecular weight excluding hydrogens is 332 g/mol. The summed E-state index contributed by atoms with van der Waals surface area (Å²) in [5, 5.41) is 0. The Morgan fingerprint density at radius 2 is 2.12 bits per heavy atom. The molecule has 8 nitrogen and oxygen atoms in total. The Morgan fingerprint density at radius 1 is 1.42 bits per heavy atom. The summed E-state index contributed by atoms with van der Waals surface area (Å²) in [6, 6.07) is 7.15. The van der Waals surface area contributed by atoms with E-state index in [1.54, 1.807) is 7.11 Å². The van der Waals surface area contributed by atoms with E-state index in [1.165, 1.54) is 14.1 Å². The number of primary amides is 1. The van der Waals surface area contributed by atoms with Gasteiger partial charge in [-0.3, -0.25) is 9.69 Å². The molecule has 1 aromatic carbocycles. The van der Waals surface area contributed by atoms with Gasteiger partial charge in [0, 0.05) is 39.1 Å². The first-order valence-corrected chi connectivity index (χ1v) is 9.01. The summed E-state index contributed by atoms with van der Waals surface area (Å²) in [5.74, 6) is 0.166. The van der Waals surface area contributed by atoms with Crippen molar-refractivity contribution >= 4 is 16.1 Å². The first kappa shape index (κ1) is 18.7. The maximum Gasteiger partial charge on any atom is 0.279 e. The smallest absolute Gasteiger partial charge is 0.279 e. The number of benzene rings is 1. The molecule has 1 aliphatic rings. The summed E-state index contributed by atoms with van der Waals surface area (Å²) < 4.78 is 33.5. The van der Waals surface area contributed by atoms with Crippen LogP contribution in [0.4, 0.5) is 0 Å². The van der Waals surface area contributed by atoms with E-state index in [4.69, 9.17) is 10.5 Å². The van der Waals surface area contributed by atoms with Gasteiger partial charge in [-0.15, -0.1) is 0 Å². The lowest BCUT2D eigenvalue weighted by molar-refractivity contribution is -0.118. The van der Waals surface area contributed by atoms with Gasteiger partial charge in [-0.2, -0.15) is 17.4 Å². The van der Waals surface area contributed by atoms with Gasteiger partial charge < -0.3 is 10.5 Å². The molecule has 1 heterocycles. The van der Waals surface area contributed by atoms with E-state index in [-0.39, 0.29) is 18.5 Å². The summed E-state index contributed by atoms with van der Waals surface area (Å²) in [5.41, 5.74) is 6.23. The SMILES string of the molecule is COc1cccc([C@@H]2CN(CC(N)=O)C[C@H]2NS(=O)(=O)N(C)C)c1. The van der Waals surface area contributed by atoms with Gasteiger partial charge >= 0.3 is 0 Å². The van der Waals surface area contributed by atoms with Crippen molar-refractivity contribution in [2.24, 2.45) is 5.73 Å². The molecule has 24 heavy (non-hydrogen) atoms. The van der Waals surface area contributed by atoms with Crippen molar-refractivity contribution < 1.29 is 17.9 Å². The van der Waals surface area contributed by atoms with Crippen LogP contribution in [-0.2, 0) is 15.0 Å². The highest BCUT2D eigenvalue weighted by Gasteiger charge is 2.37. The number of carbonyl (C=O) groups is 1. The molecule has 9 heteroatoms. The van der Waals surface area contributed by atoms with Crippen LogP contribution in [0.25, 0.3) is 0 Å². The minimum atomic E-state index is -3.58. The van der Waals surface area contributed by atoms with Gasteiger partial charge in [0.25, 0.3) is 10.2 Å². The molecule has 134 valence electrons. The van der Waals surface area contributed by atoms with Crippen LogP contribution in [0.2, 0.25) is 0 Å². The molecule has 1 aromatic rings. The zero-order valence-electron chi connectivity index (χ0n) is 14.1. The minimum absolute atomic E-state index is 0.0979. The van der Waals surface area contributed by atoms with Crippen LogP contribution in [0, 0.1) is 0 Å². The van der Waals surface area contributed by atoms with Crippen LogP contribution in [0.5, 0.6) is 5.75 Å². The fourth-order valence-corrected chi connectivity index (χ4v) is 3.69. The number of methoxy groups -OCH3 is 1. The topological polar surface area (TPSA) is 105 Å². The van der Waals surface area contributed by atoms with E-state index in [9.17, 15) is 13.2 Å². The van der Waals surface area contributed by atoms with Gasteiger partial charge in [-0.1, -0.05) is 12.1 Å². The molecule has 1 saturated heterocycles.